The van der Waals surface area contributed by atoms with E-state index in [1.165, 1.54) is 12.1 Å². The number of benzene rings is 1. The number of nitro benzene ring substituents is 1. The standard InChI is InChI=1S/C12H14N2O4/c1-7(2)9-5-8(3-4-11(13)15)12(16)10(6-9)14(17)18/h3-7,16H,1-2H3,(H2,13,15)/b4-3-. The predicted molar refractivity (Wildman–Crippen MR) is 67.1 cm³/mol. The molecule has 0 saturated carbocycles. The fourth-order valence-corrected chi connectivity index (χ4v) is 1.44. The lowest BCUT2D eigenvalue weighted by molar-refractivity contribution is -0.385. The van der Waals surface area contributed by atoms with Crippen LogP contribution >= 0.6 is 0 Å². The van der Waals surface area contributed by atoms with Gasteiger partial charge in [-0.3, -0.25) is 14.9 Å². The summed E-state index contributed by atoms with van der Waals surface area (Å²) in [6.07, 6.45) is 2.30. The maximum atomic E-state index is 10.8. The molecule has 0 heterocycles. The van der Waals surface area contributed by atoms with Gasteiger partial charge in [0.1, 0.15) is 0 Å². The second-order valence-electron chi connectivity index (χ2n) is 4.13. The van der Waals surface area contributed by atoms with E-state index >= 15 is 0 Å². The van der Waals surface area contributed by atoms with Crippen molar-refractivity contribution in [3.63, 3.8) is 0 Å². The van der Waals surface area contributed by atoms with Crippen molar-refractivity contribution >= 4 is 17.7 Å². The topological polar surface area (TPSA) is 106 Å². The lowest BCUT2D eigenvalue weighted by Gasteiger charge is -2.08. The van der Waals surface area contributed by atoms with Crippen molar-refractivity contribution < 1.29 is 14.8 Å². The number of amides is 1. The van der Waals surface area contributed by atoms with Crippen LogP contribution in [0, 0.1) is 10.1 Å². The Hall–Kier alpha value is -2.37. The second kappa shape index (κ2) is 5.31. The number of aromatic hydroxyl groups is 1. The zero-order valence-corrected chi connectivity index (χ0v) is 10.1. The Bertz CT molecular complexity index is 521. The second-order valence-corrected chi connectivity index (χ2v) is 4.13. The van der Waals surface area contributed by atoms with Crippen molar-refractivity contribution in [1.29, 1.82) is 0 Å². The van der Waals surface area contributed by atoms with Crippen molar-refractivity contribution in [3.8, 4) is 5.75 Å². The van der Waals surface area contributed by atoms with Crippen molar-refractivity contribution in [2.75, 3.05) is 0 Å². The van der Waals surface area contributed by atoms with Crippen LogP contribution in [0.15, 0.2) is 18.2 Å². The van der Waals surface area contributed by atoms with Crippen molar-refractivity contribution in [2.45, 2.75) is 19.8 Å². The summed E-state index contributed by atoms with van der Waals surface area (Å²) in [5, 5.41) is 20.6. The molecule has 0 fully saturated rings. The summed E-state index contributed by atoms with van der Waals surface area (Å²) in [6.45, 7) is 3.75. The molecule has 1 rings (SSSR count). The first-order valence-electron chi connectivity index (χ1n) is 5.31. The van der Waals surface area contributed by atoms with Gasteiger partial charge in [-0.05, 0) is 23.6 Å². The number of hydrogen-bond acceptors (Lipinski definition) is 4. The van der Waals surface area contributed by atoms with E-state index in [4.69, 9.17) is 5.73 Å². The normalized spacial score (nSPS) is 11.1. The molecule has 0 aliphatic heterocycles. The molecule has 1 aromatic carbocycles. The Balaban J connectivity index is 3.40. The molecule has 3 N–H and O–H groups in total. The first-order valence-corrected chi connectivity index (χ1v) is 5.31. The molecule has 96 valence electrons. The highest BCUT2D eigenvalue weighted by atomic mass is 16.6. The van der Waals surface area contributed by atoms with Gasteiger partial charge in [0.25, 0.3) is 0 Å². The minimum Gasteiger partial charge on any atom is -0.502 e. The fourth-order valence-electron chi connectivity index (χ4n) is 1.44. The Morgan fingerprint density at radius 3 is 2.56 bits per heavy atom. The van der Waals surface area contributed by atoms with E-state index in [0.29, 0.717) is 5.56 Å². The number of phenols is 1. The first kappa shape index (κ1) is 13.7. The molecule has 18 heavy (non-hydrogen) atoms. The molecule has 0 bridgehead atoms. The Morgan fingerprint density at radius 1 is 1.50 bits per heavy atom. The van der Waals surface area contributed by atoms with Crippen LogP contribution in [0.25, 0.3) is 6.08 Å². The van der Waals surface area contributed by atoms with Crippen LogP contribution in [0.2, 0.25) is 0 Å². The fraction of sp³-hybridized carbons (Fsp3) is 0.250. The van der Waals surface area contributed by atoms with E-state index in [2.05, 4.69) is 0 Å². The van der Waals surface area contributed by atoms with Crippen LogP contribution < -0.4 is 5.73 Å². The summed E-state index contributed by atoms with van der Waals surface area (Å²) in [6, 6.07) is 2.91. The molecule has 0 atom stereocenters. The van der Waals surface area contributed by atoms with Gasteiger partial charge >= 0.3 is 5.69 Å². The number of carbonyl (C=O) groups excluding carboxylic acids is 1. The van der Waals surface area contributed by atoms with E-state index in [-0.39, 0.29) is 17.2 Å². The van der Waals surface area contributed by atoms with E-state index < -0.39 is 16.6 Å². The summed E-state index contributed by atoms with van der Waals surface area (Å²) in [7, 11) is 0. The van der Waals surface area contributed by atoms with Gasteiger partial charge in [0.15, 0.2) is 0 Å². The number of carbonyl (C=O) groups is 1. The van der Waals surface area contributed by atoms with Crippen molar-refractivity contribution in [2.24, 2.45) is 5.73 Å². The van der Waals surface area contributed by atoms with Gasteiger partial charge in [-0.1, -0.05) is 13.8 Å². The molecule has 0 radical (unpaired) electrons. The average Bonchev–Trinajstić information content (AvgIpc) is 2.26. The van der Waals surface area contributed by atoms with E-state index in [0.717, 1.165) is 6.08 Å². The molecule has 0 aromatic heterocycles. The molecule has 0 unspecified atom stereocenters. The lowest BCUT2D eigenvalue weighted by atomic mass is 9.99. The Morgan fingerprint density at radius 2 is 2.11 bits per heavy atom. The van der Waals surface area contributed by atoms with Gasteiger partial charge in [-0.15, -0.1) is 0 Å². The number of primary amides is 1. The van der Waals surface area contributed by atoms with Crippen LogP contribution in [0.4, 0.5) is 5.69 Å². The monoisotopic (exact) mass is 250 g/mol. The summed E-state index contributed by atoms with van der Waals surface area (Å²) in [4.78, 5) is 20.8. The molecule has 1 aromatic rings. The number of nitro groups is 1. The minimum absolute atomic E-state index is 0.0602. The molecular weight excluding hydrogens is 236 g/mol. The van der Waals surface area contributed by atoms with Crippen molar-refractivity contribution in [3.05, 3.63) is 39.4 Å². The summed E-state index contributed by atoms with van der Waals surface area (Å²) in [5.74, 6) is -1.10. The SMILES string of the molecule is CC(C)c1cc(/C=C\C(N)=O)c(O)c([N+](=O)[O-])c1. The van der Waals surface area contributed by atoms with Crippen LogP contribution in [-0.4, -0.2) is 15.9 Å². The molecule has 0 aliphatic rings. The molecule has 0 saturated heterocycles. The van der Waals surface area contributed by atoms with E-state index in [1.54, 1.807) is 6.07 Å². The lowest BCUT2D eigenvalue weighted by Crippen LogP contribution is -2.05. The summed E-state index contributed by atoms with van der Waals surface area (Å²) >= 11 is 0. The number of hydrogen-bond donors (Lipinski definition) is 2. The van der Waals surface area contributed by atoms with Gasteiger partial charge < -0.3 is 10.8 Å². The van der Waals surface area contributed by atoms with Crippen molar-refractivity contribution in [1.82, 2.24) is 0 Å². The number of phenolic OH excluding ortho intramolecular Hbond substituents is 1. The predicted octanol–water partition coefficient (Wildman–Crippen LogP) is 1.92. The highest BCUT2D eigenvalue weighted by molar-refractivity contribution is 5.91. The van der Waals surface area contributed by atoms with Gasteiger partial charge in [-0.25, -0.2) is 0 Å². The third-order valence-electron chi connectivity index (χ3n) is 2.43. The third kappa shape index (κ3) is 3.07. The highest BCUT2D eigenvalue weighted by Gasteiger charge is 2.18. The summed E-state index contributed by atoms with van der Waals surface area (Å²) < 4.78 is 0. The third-order valence-corrected chi connectivity index (χ3v) is 2.43. The molecule has 1 amide bonds. The minimum atomic E-state index is -0.688. The number of rotatable bonds is 4. The Kier molecular flexibility index (Phi) is 4.04. The van der Waals surface area contributed by atoms with Gasteiger partial charge in [-0.2, -0.15) is 0 Å². The maximum absolute atomic E-state index is 10.8. The zero-order chi connectivity index (χ0) is 13.9. The molecule has 6 heteroatoms. The van der Waals surface area contributed by atoms with Crippen LogP contribution in [-0.2, 0) is 4.79 Å². The van der Waals surface area contributed by atoms with Crippen LogP contribution in [0.5, 0.6) is 5.75 Å². The van der Waals surface area contributed by atoms with E-state index in [1.807, 2.05) is 13.8 Å². The molecule has 0 aliphatic carbocycles. The quantitative estimate of drug-likeness (QED) is 0.483. The largest absolute Gasteiger partial charge is 0.502 e. The summed E-state index contributed by atoms with van der Waals surface area (Å²) in [5.41, 5.74) is 5.46. The smallest absolute Gasteiger partial charge is 0.311 e. The number of nitrogens with zero attached hydrogens (tertiary/aromatic N) is 1. The van der Waals surface area contributed by atoms with Crippen LogP contribution in [0.3, 0.4) is 0 Å². The average molecular weight is 250 g/mol. The van der Waals surface area contributed by atoms with Gasteiger partial charge in [0, 0.05) is 17.7 Å². The van der Waals surface area contributed by atoms with Crippen LogP contribution in [0.1, 0.15) is 30.9 Å². The zero-order valence-electron chi connectivity index (χ0n) is 10.1. The molecule has 6 nitrogen and oxygen atoms in total. The Labute approximate surface area is 104 Å². The van der Waals surface area contributed by atoms with Gasteiger partial charge in [0.2, 0.25) is 11.7 Å². The van der Waals surface area contributed by atoms with E-state index in [9.17, 15) is 20.0 Å². The highest BCUT2D eigenvalue weighted by Crippen LogP contribution is 2.34. The maximum Gasteiger partial charge on any atom is 0.311 e. The molecular formula is C12H14N2O4. The first-order chi connectivity index (χ1) is 8.32. The van der Waals surface area contributed by atoms with Gasteiger partial charge in [0.05, 0.1) is 4.92 Å². The number of nitrogens with two attached hydrogens (primary N) is 1. The molecule has 0 spiro atoms.